The normalized spacial score (nSPS) is 16.6. The van der Waals surface area contributed by atoms with E-state index in [4.69, 9.17) is 21.4 Å². The maximum atomic E-state index is 12.0. The minimum Gasteiger partial charge on any atom is -0.456 e. The van der Waals surface area contributed by atoms with E-state index in [2.05, 4.69) is 5.32 Å². The third-order valence-electron chi connectivity index (χ3n) is 4.37. The summed E-state index contributed by atoms with van der Waals surface area (Å²) in [6, 6.07) is 10.1. The Kier molecular flexibility index (Phi) is 3.21. The molecule has 1 aromatic heterocycles. The highest BCUT2D eigenvalue weighted by atomic mass is 32.1. The average Bonchev–Trinajstić information content (AvgIpc) is 3.08. The molecule has 2 heterocycles. The van der Waals surface area contributed by atoms with Crippen LogP contribution in [-0.4, -0.2) is 11.1 Å². The zero-order valence-corrected chi connectivity index (χ0v) is 14.3. The monoisotopic (exact) mass is 337 g/mol. The largest absolute Gasteiger partial charge is 0.456 e. The molecule has 24 heavy (non-hydrogen) atoms. The van der Waals surface area contributed by atoms with Gasteiger partial charge < -0.3 is 9.15 Å². The molecule has 2 aromatic carbocycles. The summed E-state index contributed by atoms with van der Waals surface area (Å²) in [7, 11) is 0. The maximum absolute atomic E-state index is 12.0. The van der Waals surface area contributed by atoms with Crippen molar-refractivity contribution in [1.82, 2.24) is 5.32 Å². The molecular weight excluding hydrogens is 322 g/mol. The highest BCUT2D eigenvalue weighted by Gasteiger charge is 2.26. The van der Waals surface area contributed by atoms with Crippen LogP contribution < -0.4 is 5.32 Å². The highest BCUT2D eigenvalue weighted by Crippen LogP contribution is 2.35. The number of amides is 1. The third-order valence-corrected chi connectivity index (χ3v) is 4.56. The first-order valence-electron chi connectivity index (χ1n) is 7.62. The van der Waals surface area contributed by atoms with Crippen molar-refractivity contribution in [2.24, 2.45) is 0 Å². The number of carbonyl (C=O) groups is 1. The Morgan fingerprint density at radius 3 is 2.54 bits per heavy atom. The van der Waals surface area contributed by atoms with Gasteiger partial charge in [0.25, 0.3) is 11.1 Å². The van der Waals surface area contributed by atoms with Crippen molar-refractivity contribution in [3.8, 4) is 0 Å². The molecule has 1 aliphatic rings. The number of hydrogen-bond acceptors (Lipinski definition) is 4. The second kappa shape index (κ2) is 5.18. The first kappa shape index (κ1) is 14.9. The smallest absolute Gasteiger partial charge is 0.294 e. The number of hydrogen-bond donors (Lipinski definition) is 1. The molecule has 1 fully saturated rings. The topological polar surface area (TPSA) is 51.5 Å². The molecule has 0 atom stereocenters. The summed E-state index contributed by atoms with van der Waals surface area (Å²) in [4.78, 5) is 12.0. The molecule has 0 radical (unpaired) electrons. The lowest BCUT2D eigenvalue weighted by atomic mass is 9.99. The predicted octanol–water partition coefficient (Wildman–Crippen LogP) is 4.37. The summed E-state index contributed by atoms with van der Waals surface area (Å²) in [6.07, 6.45) is 0. The van der Waals surface area contributed by atoms with Crippen molar-refractivity contribution in [3.05, 3.63) is 52.8 Å². The van der Waals surface area contributed by atoms with Gasteiger partial charge in [0, 0.05) is 16.3 Å². The Balaban J connectivity index is 2.00. The number of aryl methyl sites for hydroxylation is 2. The van der Waals surface area contributed by atoms with Gasteiger partial charge in [-0.15, -0.1) is 0 Å². The number of allylic oxidation sites excluding steroid dienone is 1. The number of rotatable bonds is 1. The van der Waals surface area contributed by atoms with Crippen molar-refractivity contribution in [2.45, 2.75) is 20.8 Å². The van der Waals surface area contributed by atoms with Crippen molar-refractivity contribution in [3.63, 3.8) is 0 Å². The molecule has 4 rings (SSSR count). The number of benzene rings is 2. The Labute approximate surface area is 144 Å². The van der Waals surface area contributed by atoms with Crippen LogP contribution in [0.5, 0.6) is 0 Å². The van der Waals surface area contributed by atoms with Crippen molar-refractivity contribution >= 4 is 50.8 Å². The van der Waals surface area contributed by atoms with Gasteiger partial charge in [-0.2, -0.15) is 0 Å². The number of thiocarbonyl (C=S) groups is 1. The van der Waals surface area contributed by atoms with Crippen LogP contribution in [0.3, 0.4) is 0 Å². The van der Waals surface area contributed by atoms with E-state index >= 15 is 0 Å². The first-order valence-corrected chi connectivity index (χ1v) is 8.03. The van der Waals surface area contributed by atoms with Gasteiger partial charge in [0.05, 0.1) is 0 Å². The molecule has 1 saturated heterocycles. The summed E-state index contributed by atoms with van der Waals surface area (Å²) in [5.41, 5.74) is 5.54. The summed E-state index contributed by atoms with van der Waals surface area (Å²) < 4.78 is 11.4. The van der Waals surface area contributed by atoms with Gasteiger partial charge in [0.15, 0.2) is 5.76 Å². The fraction of sp³-hybridized carbons (Fsp3) is 0.158. The van der Waals surface area contributed by atoms with Gasteiger partial charge >= 0.3 is 0 Å². The van der Waals surface area contributed by atoms with Crippen LogP contribution in [0.2, 0.25) is 0 Å². The molecule has 1 aliphatic heterocycles. The Hall–Kier alpha value is -2.66. The lowest BCUT2D eigenvalue weighted by Crippen LogP contribution is -2.18. The number of nitrogens with one attached hydrogen (secondary N) is 1. The van der Waals surface area contributed by atoms with Crippen molar-refractivity contribution < 1.29 is 13.9 Å². The van der Waals surface area contributed by atoms with E-state index in [0.717, 1.165) is 44.2 Å². The summed E-state index contributed by atoms with van der Waals surface area (Å²) >= 11 is 4.91. The predicted molar refractivity (Wildman–Crippen MR) is 97.6 cm³/mol. The van der Waals surface area contributed by atoms with E-state index in [1.165, 1.54) is 0 Å². The fourth-order valence-electron chi connectivity index (χ4n) is 3.12. The minimum atomic E-state index is -0.303. The van der Waals surface area contributed by atoms with Crippen LogP contribution in [0.1, 0.15) is 23.6 Å². The average molecular weight is 337 g/mol. The lowest BCUT2D eigenvalue weighted by Gasteiger charge is -2.06. The molecule has 4 nitrogen and oxygen atoms in total. The van der Waals surface area contributed by atoms with Crippen LogP contribution in [0.25, 0.3) is 27.5 Å². The number of ether oxygens (including phenoxy) is 1. The quantitative estimate of drug-likeness (QED) is 0.529. The van der Waals surface area contributed by atoms with Gasteiger partial charge in [-0.3, -0.25) is 10.1 Å². The molecule has 0 spiro atoms. The molecular formula is C19H15NO3S. The van der Waals surface area contributed by atoms with Crippen molar-refractivity contribution in [1.29, 1.82) is 0 Å². The maximum Gasteiger partial charge on any atom is 0.294 e. The van der Waals surface area contributed by atoms with E-state index in [-0.39, 0.29) is 16.8 Å². The molecule has 120 valence electrons. The zero-order valence-electron chi connectivity index (χ0n) is 13.5. The third kappa shape index (κ3) is 2.12. The molecule has 1 amide bonds. The molecule has 0 saturated carbocycles. The molecule has 0 unspecified atom stereocenters. The SMILES string of the molecule is C/C(=C1\OC(=S)NC1=O)c1cc(C)c2oc3c(C)cccc3c2c1. The second-order valence-electron chi connectivity index (χ2n) is 6.02. The highest BCUT2D eigenvalue weighted by molar-refractivity contribution is 7.80. The van der Waals surface area contributed by atoms with Crippen LogP contribution in [0.4, 0.5) is 0 Å². The van der Waals surface area contributed by atoms with Crippen LogP contribution in [0.15, 0.2) is 40.5 Å². The molecule has 0 aliphatic carbocycles. The van der Waals surface area contributed by atoms with E-state index < -0.39 is 0 Å². The summed E-state index contributed by atoms with van der Waals surface area (Å²) in [6.45, 7) is 5.89. The lowest BCUT2D eigenvalue weighted by molar-refractivity contribution is -0.116. The van der Waals surface area contributed by atoms with Gasteiger partial charge in [-0.1, -0.05) is 18.2 Å². The first-order chi connectivity index (χ1) is 11.5. The van der Waals surface area contributed by atoms with Gasteiger partial charge in [-0.05, 0) is 61.8 Å². The van der Waals surface area contributed by atoms with Gasteiger partial charge in [0.2, 0.25) is 0 Å². The molecule has 5 heteroatoms. The minimum absolute atomic E-state index is 0.0940. The van der Waals surface area contributed by atoms with E-state index in [1.54, 1.807) is 0 Å². The number of carbonyl (C=O) groups excluding carboxylic acids is 1. The standard InChI is InChI=1S/C19H15NO3S/c1-9-5-4-6-13-14-8-12(7-10(2)16(14)22-15(9)13)11(3)17-18(21)20-19(24)23-17/h4-8H,1-3H3,(H,20,21,24)/b17-11+. The van der Waals surface area contributed by atoms with Gasteiger partial charge in [-0.25, -0.2) is 0 Å². The number of furan rings is 1. The van der Waals surface area contributed by atoms with E-state index in [0.29, 0.717) is 0 Å². The van der Waals surface area contributed by atoms with Crippen molar-refractivity contribution in [2.75, 3.05) is 0 Å². The number of para-hydroxylation sites is 1. The Morgan fingerprint density at radius 2 is 1.83 bits per heavy atom. The summed E-state index contributed by atoms with van der Waals surface area (Å²) in [5, 5.41) is 4.69. The Bertz CT molecular complexity index is 1080. The fourth-order valence-corrected chi connectivity index (χ4v) is 3.30. The molecule has 1 N–H and O–H groups in total. The number of fused-ring (bicyclic) bond motifs is 3. The van der Waals surface area contributed by atoms with Gasteiger partial charge in [0.1, 0.15) is 11.2 Å². The summed E-state index contributed by atoms with van der Waals surface area (Å²) in [5.74, 6) is -0.0501. The second-order valence-corrected chi connectivity index (χ2v) is 6.39. The van der Waals surface area contributed by atoms with Crippen LogP contribution >= 0.6 is 12.2 Å². The zero-order chi connectivity index (χ0) is 17.0. The molecule has 3 aromatic rings. The van der Waals surface area contributed by atoms with Crippen LogP contribution in [0, 0.1) is 13.8 Å². The van der Waals surface area contributed by atoms with E-state index in [9.17, 15) is 4.79 Å². The van der Waals surface area contributed by atoms with Crippen LogP contribution in [-0.2, 0) is 9.53 Å². The molecule has 0 bridgehead atoms. The van der Waals surface area contributed by atoms with E-state index in [1.807, 2.05) is 51.1 Å². The Morgan fingerprint density at radius 1 is 1.08 bits per heavy atom.